The van der Waals surface area contributed by atoms with Crippen LogP contribution in [0.2, 0.25) is 5.02 Å². The molecule has 0 aliphatic carbocycles. The number of rotatable bonds is 3. The summed E-state index contributed by atoms with van der Waals surface area (Å²) in [6, 6.07) is 18.5. The molecule has 7 heteroatoms. The van der Waals surface area contributed by atoms with Crippen molar-refractivity contribution in [3.8, 4) is 6.07 Å². The number of nitrogens with zero attached hydrogens (tertiary/aromatic N) is 1. The van der Waals surface area contributed by atoms with Crippen molar-refractivity contribution in [1.82, 2.24) is 10.6 Å². The number of hydrogen-bond acceptors (Lipinski definition) is 5. The topological polar surface area (TPSA) is 77.0 Å². The van der Waals surface area contributed by atoms with Gasteiger partial charge in [-0.1, -0.05) is 48.4 Å². The Bertz CT molecular complexity index is 1030. The maximum Gasteiger partial charge on any atom is 0.254 e. The SMILES string of the molecule is C1CCNCC1.CC1=C(C(=O)Nc2ccccc2)C(c2ccc(Cl)cc2)C(C#N)=C(S)N1. The summed E-state index contributed by atoms with van der Waals surface area (Å²) in [5.41, 5.74) is 3.01. The summed E-state index contributed by atoms with van der Waals surface area (Å²) in [5, 5.41) is 19.9. The summed E-state index contributed by atoms with van der Waals surface area (Å²) in [7, 11) is 0. The predicted octanol–water partition coefficient (Wildman–Crippen LogP) is 5.36. The Morgan fingerprint density at radius 3 is 2.28 bits per heavy atom. The minimum atomic E-state index is -0.519. The van der Waals surface area contributed by atoms with E-state index in [1.165, 1.54) is 32.4 Å². The number of dihydropyridines is 1. The second-order valence-corrected chi connectivity index (χ2v) is 8.54. The number of halogens is 1. The lowest BCUT2D eigenvalue weighted by molar-refractivity contribution is -0.113. The average Bonchev–Trinajstić information content (AvgIpc) is 2.81. The van der Waals surface area contributed by atoms with E-state index in [1.807, 2.05) is 42.5 Å². The first-order chi connectivity index (χ1) is 15.5. The molecule has 0 bridgehead atoms. The van der Waals surface area contributed by atoms with Crippen LogP contribution in [0.1, 0.15) is 37.7 Å². The number of nitriles is 1. The fourth-order valence-electron chi connectivity index (χ4n) is 3.74. The summed E-state index contributed by atoms with van der Waals surface area (Å²) in [5.74, 6) is -0.788. The van der Waals surface area contributed by atoms with Crippen molar-refractivity contribution >= 4 is 35.8 Å². The number of amides is 1. The predicted molar refractivity (Wildman–Crippen MR) is 133 cm³/mol. The average molecular weight is 467 g/mol. The number of nitrogens with one attached hydrogen (secondary N) is 3. The molecule has 3 N–H and O–H groups in total. The Balaban J connectivity index is 0.000000416. The molecule has 0 radical (unpaired) electrons. The normalized spacial score (nSPS) is 18.1. The van der Waals surface area contributed by atoms with Gasteiger partial charge < -0.3 is 16.0 Å². The third-order valence-electron chi connectivity index (χ3n) is 5.35. The maximum absolute atomic E-state index is 13.0. The van der Waals surface area contributed by atoms with Gasteiger partial charge in [0.2, 0.25) is 0 Å². The van der Waals surface area contributed by atoms with Crippen molar-refractivity contribution in [1.29, 1.82) is 5.26 Å². The first-order valence-corrected chi connectivity index (χ1v) is 11.5. The highest BCUT2D eigenvalue weighted by Crippen LogP contribution is 2.39. The molecule has 1 unspecified atom stereocenters. The van der Waals surface area contributed by atoms with Crippen LogP contribution >= 0.6 is 24.2 Å². The number of para-hydroxylation sites is 1. The van der Waals surface area contributed by atoms with E-state index < -0.39 is 5.92 Å². The fourth-order valence-corrected chi connectivity index (χ4v) is 4.21. The van der Waals surface area contributed by atoms with Gasteiger partial charge >= 0.3 is 0 Å². The summed E-state index contributed by atoms with van der Waals surface area (Å²) in [6.45, 7) is 4.30. The molecule has 1 fully saturated rings. The number of carbonyl (C=O) groups excluding carboxylic acids is 1. The van der Waals surface area contributed by atoms with E-state index in [0.29, 0.717) is 32.6 Å². The number of benzene rings is 2. The molecule has 2 heterocycles. The van der Waals surface area contributed by atoms with E-state index in [0.717, 1.165) is 5.56 Å². The number of thiol groups is 1. The van der Waals surface area contributed by atoms with E-state index in [1.54, 1.807) is 19.1 Å². The Morgan fingerprint density at radius 1 is 1.09 bits per heavy atom. The lowest BCUT2D eigenvalue weighted by Crippen LogP contribution is -2.30. The van der Waals surface area contributed by atoms with E-state index in [4.69, 9.17) is 11.6 Å². The molecule has 2 aromatic rings. The molecule has 2 aliphatic rings. The lowest BCUT2D eigenvalue weighted by Gasteiger charge is -2.28. The Morgan fingerprint density at radius 2 is 1.75 bits per heavy atom. The van der Waals surface area contributed by atoms with Crippen LogP contribution in [0, 0.1) is 11.3 Å². The Kier molecular flexibility index (Phi) is 8.81. The van der Waals surface area contributed by atoms with Gasteiger partial charge in [0.05, 0.1) is 22.6 Å². The molecule has 32 heavy (non-hydrogen) atoms. The van der Waals surface area contributed by atoms with Crippen LogP contribution in [-0.2, 0) is 4.79 Å². The van der Waals surface area contributed by atoms with Crippen LogP contribution in [0.3, 0.4) is 0 Å². The molecule has 2 aromatic carbocycles. The number of allylic oxidation sites excluding steroid dienone is 2. The first kappa shape index (κ1) is 23.9. The molecule has 0 spiro atoms. The molecule has 0 aromatic heterocycles. The quantitative estimate of drug-likeness (QED) is 0.459. The highest BCUT2D eigenvalue weighted by molar-refractivity contribution is 7.84. The van der Waals surface area contributed by atoms with Gasteiger partial charge in [-0.3, -0.25) is 4.79 Å². The highest BCUT2D eigenvalue weighted by Gasteiger charge is 2.33. The molecule has 1 amide bonds. The maximum atomic E-state index is 13.0. The first-order valence-electron chi connectivity index (χ1n) is 10.6. The van der Waals surface area contributed by atoms with Gasteiger partial charge in [-0.15, -0.1) is 12.6 Å². The monoisotopic (exact) mass is 466 g/mol. The molecule has 5 nitrogen and oxygen atoms in total. The van der Waals surface area contributed by atoms with Gasteiger partial charge in [0.25, 0.3) is 5.91 Å². The minimum absolute atomic E-state index is 0.269. The molecule has 2 aliphatic heterocycles. The van der Waals surface area contributed by atoms with Crippen molar-refractivity contribution in [2.75, 3.05) is 18.4 Å². The lowest BCUT2D eigenvalue weighted by atomic mass is 9.82. The van der Waals surface area contributed by atoms with Gasteiger partial charge in [0, 0.05) is 22.0 Å². The van der Waals surface area contributed by atoms with Crippen LogP contribution in [0.25, 0.3) is 0 Å². The molecule has 1 atom stereocenters. The minimum Gasteiger partial charge on any atom is -0.353 e. The molecule has 1 saturated heterocycles. The van der Waals surface area contributed by atoms with Gasteiger partial charge in [-0.2, -0.15) is 5.26 Å². The standard InChI is InChI=1S/C20H16ClN3OS.C5H11N/c1-12-17(19(25)24-15-5-3-2-4-6-15)18(16(11-22)20(26)23-12)13-7-9-14(21)10-8-13;1-2-4-6-5-3-1/h2-10,18,23,26H,1H3,(H,24,25);6H,1-5H2. The number of hydrogen-bond donors (Lipinski definition) is 4. The van der Waals surface area contributed by atoms with Crippen molar-refractivity contribution in [3.63, 3.8) is 0 Å². The second kappa shape index (κ2) is 11.8. The van der Waals surface area contributed by atoms with Crippen LogP contribution in [0.4, 0.5) is 5.69 Å². The smallest absolute Gasteiger partial charge is 0.254 e. The molecule has 4 rings (SSSR count). The van der Waals surface area contributed by atoms with Crippen molar-refractivity contribution in [2.45, 2.75) is 32.1 Å². The van der Waals surface area contributed by atoms with E-state index in [9.17, 15) is 10.1 Å². The van der Waals surface area contributed by atoms with Crippen LogP contribution in [0.5, 0.6) is 0 Å². The van der Waals surface area contributed by atoms with E-state index >= 15 is 0 Å². The van der Waals surface area contributed by atoms with Crippen molar-refractivity contribution in [2.24, 2.45) is 0 Å². The van der Waals surface area contributed by atoms with Crippen LogP contribution < -0.4 is 16.0 Å². The Labute approximate surface area is 200 Å². The zero-order valence-electron chi connectivity index (χ0n) is 18.0. The fraction of sp³-hybridized carbons (Fsp3) is 0.280. The largest absolute Gasteiger partial charge is 0.353 e. The number of anilines is 1. The molecular formula is C25H27ClN4OS. The molecular weight excluding hydrogens is 440 g/mol. The number of carbonyl (C=O) groups is 1. The van der Waals surface area contributed by atoms with Crippen molar-refractivity contribution < 1.29 is 4.79 Å². The summed E-state index contributed by atoms with van der Waals surface area (Å²) >= 11 is 10.4. The van der Waals surface area contributed by atoms with Gasteiger partial charge in [-0.25, -0.2) is 0 Å². The van der Waals surface area contributed by atoms with Gasteiger partial charge in [0.15, 0.2) is 0 Å². The summed E-state index contributed by atoms with van der Waals surface area (Å²) in [6.07, 6.45) is 4.22. The van der Waals surface area contributed by atoms with Gasteiger partial charge in [0.1, 0.15) is 0 Å². The van der Waals surface area contributed by atoms with Crippen LogP contribution in [0.15, 0.2) is 76.5 Å². The zero-order valence-corrected chi connectivity index (χ0v) is 19.6. The van der Waals surface area contributed by atoms with E-state index in [2.05, 4.69) is 34.6 Å². The summed E-state index contributed by atoms with van der Waals surface area (Å²) < 4.78 is 0. The third kappa shape index (κ3) is 6.17. The molecule has 166 valence electrons. The van der Waals surface area contributed by atoms with Crippen molar-refractivity contribution in [3.05, 3.63) is 87.1 Å². The summed E-state index contributed by atoms with van der Waals surface area (Å²) in [4.78, 5) is 13.0. The Hall–Kier alpha value is -2.72. The number of piperidine rings is 1. The second-order valence-electron chi connectivity index (χ2n) is 7.65. The van der Waals surface area contributed by atoms with E-state index in [-0.39, 0.29) is 5.91 Å². The third-order valence-corrected chi connectivity index (χ3v) is 5.95. The van der Waals surface area contributed by atoms with Crippen LogP contribution in [-0.4, -0.2) is 19.0 Å². The van der Waals surface area contributed by atoms with Gasteiger partial charge in [-0.05, 0) is 62.7 Å². The zero-order chi connectivity index (χ0) is 22.9. The molecule has 0 saturated carbocycles. The highest BCUT2D eigenvalue weighted by atomic mass is 35.5.